The molecule has 3 atom stereocenters. The summed E-state index contributed by atoms with van der Waals surface area (Å²) in [6.45, 7) is 0. The SMILES string of the molecule is O=C(O)Cc1cccc(NC(=O)C2CC3CCC2N3)c1. The predicted molar refractivity (Wildman–Crippen MR) is 74.5 cm³/mol. The van der Waals surface area contributed by atoms with E-state index in [9.17, 15) is 9.59 Å². The molecule has 1 amide bonds. The van der Waals surface area contributed by atoms with Gasteiger partial charge in [0.05, 0.1) is 12.3 Å². The number of rotatable bonds is 4. The van der Waals surface area contributed by atoms with Gasteiger partial charge in [0.1, 0.15) is 0 Å². The molecule has 2 aliphatic rings. The number of carboxylic acid groups (broad SMARTS) is 1. The number of nitrogens with one attached hydrogen (secondary N) is 2. The number of fused-ring (bicyclic) bond motifs is 2. The van der Waals surface area contributed by atoms with Crippen molar-refractivity contribution in [2.24, 2.45) is 5.92 Å². The van der Waals surface area contributed by atoms with E-state index in [0.29, 0.717) is 23.3 Å². The van der Waals surface area contributed by atoms with Crippen molar-refractivity contribution < 1.29 is 14.7 Å². The van der Waals surface area contributed by atoms with Gasteiger partial charge in [-0.1, -0.05) is 12.1 Å². The van der Waals surface area contributed by atoms with Gasteiger partial charge in [-0.05, 0) is 37.0 Å². The van der Waals surface area contributed by atoms with Crippen LogP contribution in [0.3, 0.4) is 0 Å². The van der Waals surface area contributed by atoms with E-state index in [-0.39, 0.29) is 18.2 Å². The standard InChI is InChI=1S/C15H18N2O3/c18-14(19)7-9-2-1-3-10(6-9)17-15(20)12-8-11-4-5-13(12)16-11/h1-3,6,11-13,16H,4-5,7-8H2,(H,17,20)(H,18,19). The summed E-state index contributed by atoms with van der Waals surface area (Å²) < 4.78 is 0. The van der Waals surface area contributed by atoms with Gasteiger partial charge in [-0.3, -0.25) is 9.59 Å². The maximum absolute atomic E-state index is 12.3. The van der Waals surface area contributed by atoms with E-state index in [4.69, 9.17) is 5.11 Å². The molecule has 2 heterocycles. The summed E-state index contributed by atoms with van der Waals surface area (Å²) in [4.78, 5) is 23.0. The highest BCUT2D eigenvalue weighted by atomic mass is 16.4. The van der Waals surface area contributed by atoms with E-state index in [1.165, 1.54) is 6.42 Å². The van der Waals surface area contributed by atoms with E-state index in [2.05, 4.69) is 10.6 Å². The van der Waals surface area contributed by atoms with Crippen molar-refractivity contribution in [3.05, 3.63) is 29.8 Å². The van der Waals surface area contributed by atoms with Crippen LogP contribution in [0, 0.1) is 5.92 Å². The Morgan fingerprint density at radius 3 is 2.85 bits per heavy atom. The minimum Gasteiger partial charge on any atom is -0.481 e. The van der Waals surface area contributed by atoms with Crippen molar-refractivity contribution in [2.45, 2.75) is 37.8 Å². The maximum Gasteiger partial charge on any atom is 0.307 e. The molecule has 2 bridgehead atoms. The lowest BCUT2D eigenvalue weighted by Gasteiger charge is -2.19. The van der Waals surface area contributed by atoms with E-state index in [0.717, 1.165) is 12.8 Å². The second-order valence-corrected chi connectivity index (χ2v) is 5.65. The van der Waals surface area contributed by atoms with Crippen LogP contribution >= 0.6 is 0 Å². The van der Waals surface area contributed by atoms with Crippen molar-refractivity contribution in [1.29, 1.82) is 0 Å². The number of carboxylic acids is 1. The molecular weight excluding hydrogens is 256 g/mol. The normalized spacial score (nSPS) is 27.5. The number of hydrogen-bond donors (Lipinski definition) is 3. The first-order chi connectivity index (χ1) is 9.61. The lowest BCUT2D eigenvalue weighted by atomic mass is 9.88. The van der Waals surface area contributed by atoms with Crippen molar-refractivity contribution in [3.8, 4) is 0 Å². The first kappa shape index (κ1) is 13.1. The zero-order valence-electron chi connectivity index (χ0n) is 11.1. The molecule has 0 radical (unpaired) electrons. The van der Waals surface area contributed by atoms with Crippen LogP contribution in [0.5, 0.6) is 0 Å². The topological polar surface area (TPSA) is 78.4 Å². The number of hydrogen-bond acceptors (Lipinski definition) is 3. The Kier molecular flexibility index (Phi) is 3.44. The van der Waals surface area contributed by atoms with Gasteiger partial charge in [-0.25, -0.2) is 0 Å². The van der Waals surface area contributed by atoms with Crippen molar-refractivity contribution in [3.63, 3.8) is 0 Å². The van der Waals surface area contributed by atoms with E-state index < -0.39 is 5.97 Å². The third-order valence-corrected chi connectivity index (χ3v) is 4.19. The molecule has 20 heavy (non-hydrogen) atoms. The molecule has 3 N–H and O–H groups in total. The minimum absolute atomic E-state index is 0.0284. The van der Waals surface area contributed by atoms with Gasteiger partial charge in [-0.15, -0.1) is 0 Å². The Bertz CT molecular complexity index is 544. The van der Waals surface area contributed by atoms with E-state index in [1.54, 1.807) is 24.3 Å². The number of anilines is 1. The Labute approximate surface area is 117 Å². The lowest BCUT2D eigenvalue weighted by molar-refractivity contribution is -0.136. The summed E-state index contributed by atoms with van der Waals surface area (Å²) in [6.07, 6.45) is 3.12. The second kappa shape index (κ2) is 5.25. The third kappa shape index (κ3) is 2.67. The van der Waals surface area contributed by atoms with Crippen molar-refractivity contribution in [1.82, 2.24) is 5.32 Å². The number of amides is 1. The van der Waals surface area contributed by atoms with Crippen LogP contribution in [0.4, 0.5) is 5.69 Å². The van der Waals surface area contributed by atoms with Crippen molar-refractivity contribution in [2.75, 3.05) is 5.32 Å². The Balaban J connectivity index is 1.65. The van der Waals surface area contributed by atoms with Gasteiger partial charge in [0.25, 0.3) is 0 Å². The van der Waals surface area contributed by atoms with Crippen molar-refractivity contribution >= 4 is 17.6 Å². The van der Waals surface area contributed by atoms with Gasteiger partial charge in [0.15, 0.2) is 0 Å². The van der Waals surface area contributed by atoms with Gasteiger partial charge in [-0.2, -0.15) is 0 Å². The average molecular weight is 274 g/mol. The van der Waals surface area contributed by atoms with Crippen LogP contribution < -0.4 is 10.6 Å². The summed E-state index contributed by atoms with van der Waals surface area (Å²) in [5.74, 6) is -0.792. The molecule has 2 saturated heterocycles. The Morgan fingerprint density at radius 1 is 1.35 bits per heavy atom. The maximum atomic E-state index is 12.3. The zero-order chi connectivity index (χ0) is 14.1. The van der Waals surface area contributed by atoms with Crippen LogP contribution in [0.25, 0.3) is 0 Å². The van der Waals surface area contributed by atoms with Gasteiger partial charge < -0.3 is 15.7 Å². The molecule has 0 spiro atoms. The number of carbonyl (C=O) groups is 2. The predicted octanol–water partition coefficient (Wildman–Crippen LogP) is 1.39. The summed E-state index contributed by atoms with van der Waals surface area (Å²) >= 11 is 0. The first-order valence-corrected chi connectivity index (χ1v) is 6.99. The van der Waals surface area contributed by atoms with Gasteiger partial charge >= 0.3 is 5.97 Å². The fourth-order valence-electron chi connectivity index (χ4n) is 3.28. The quantitative estimate of drug-likeness (QED) is 0.775. The second-order valence-electron chi connectivity index (χ2n) is 5.65. The summed E-state index contributed by atoms with van der Waals surface area (Å²) in [5.41, 5.74) is 1.37. The summed E-state index contributed by atoms with van der Waals surface area (Å²) in [6, 6.07) is 7.85. The van der Waals surface area contributed by atoms with Crippen LogP contribution in [0.1, 0.15) is 24.8 Å². The lowest BCUT2D eigenvalue weighted by Crippen LogP contribution is -2.32. The number of aliphatic carboxylic acids is 1. The highest BCUT2D eigenvalue weighted by Crippen LogP contribution is 2.33. The molecule has 0 aliphatic carbocycles. The fourth-order valence-corrected chi connectivity index (χ4v) is 3.28. The van der Waals surface area contributed by atoms with Crippen LogP contribution in [-0.4, -0.2) is 29.1 Å². The molecule has 2 aliphatic heterocycles. The molecule has 0 saturated carbocycles. The molecule has 5 nitrogen and oxygen atoms in total. The summed E-state index contributed by atoms with van der Waals surface area (Å²) in [5, 5.41) is 15.1. The van der Waals surface area contributed by atoms with Gasteiger partial charge in [0.2, 0.25) is 5.91 Å². The largest absolute Gasteiger partial charge is 0.481 e. The Hall–Kier alpha value is -1.88. The molecular formula is C15H18N2O3. The number of benzene rings is 1. The fraction of sp³-hybridized carbons (Fsp3) is 0.467. The van der Waals surface area contributed by atoms with Crippen LogP contribution in [0.15, 0.2) is 24.3 Å². The smallest absolute Gasteiger partial charge is 0.307 e. The van der Waals surface area contributed by atoms with Crippen LogP contribution in [0.2, 0.25) is 0 Å². The molecule has 1 aromatic carbocycles. The number of carbonyl (C=O) groups excluding carboxylic acids is 1. The first-order valence-electron chi connectivity index (χ1n) is 6.99. The highest BCUT2D eigenvalue weighted by molar-refractivity contribution is 5.93. The molecule has 2 fully saturated rings. The molecule has 5 heteroatoms. The zero-order valence-corrected chi connectivity index (χ0v) is 11.1. The minimum atomic E-state index is -0.870. The molecule has 3 rings (SSSR count). The van der Waals surface area contributed by atoms with E-state index in [1.807, 2.05) is 0 Å². The Morgan fingerprint density at radius 2 is 2.20 bits per heavy atom. The van der Waals surface area contributed by atoms with E-state index >= 15 is 0 Å². The monoisotopic (exact) mass is 274 g/mol. The molecule has 0 aromatic heterocycles. The third-order valence-electron chi connectivity index (χ3n) is 4.19. The highest BCUT2D eigenvalue weighted by Gasteiger charge is 2.42. The molecule has 106 valence electrons. The van der Waals surface area contributed by atoms with Crippen LogP contribution in [-0.2, 0) is 16.0 Å². The van der Waals surface area contributed by atoms with Gasteiger partial charge in [0, 0.05) is 17.8 Å². The summed E-state index contributed by atoms with van der Waals surface area (Å²) in [7, 11) is 0. The molecule has 3 unspecified atom stereocenters. The molecule has 1 aromatic rings. The average Bonchev–Trinajstić information content (AvgIpc) is 3.00.